The van der Waals surface area contributed by atoms with Crippen molar-refractivity contribution in [2.24, 2.45) is 65.3 Å². The van der Waals surface area contributed by atoms with Gasteiger partial charge in [-0.2, -0.15) is 0 Å². The molecule has 5 nitrogen and oxygen atoms in total. The van der Waals surface area contributed by atoms with Gasteiger partial charge < -0.3 is 26.7 Å². The number of hydrogen-bond donors (Lipinski definition) is 4. The molecule has 1 unspecified atom stereocenters. The zero-order valence-corrected chi connectivity index (χ0v) is 78.9. The molecule has 0 aliphatic rings. The second kappa shape index (κ2) is 68.9. The van der Waals surface area contributed by atoms with Crippen molar-refractivity contribution in [3.8, 4) is 119 Å². The van der Waals surface area contributed by atoms with Crippen LogP contribution in [0.3, 0.4) is 0 Å². The van der Waals surface area contributed by atoms with Crippen molar-refractivity contribution in [2.45, 2.75) is 417 Å². The van der Waals surface area contributed by atoms with Gasteiger partial charge in [0.15, 0.2) is 0 Å². The van der Waals surface area contributed by atoms with Crippen LogP contribution in [0.2, 0.25) is 0 Å². The Balaban J connectivity index is -0.000000120. The Labute approximate surface area is 664 Å². The maximum atomic E-state index is 7.15. The third-order valence-electron chi connectivity index (χ3n) is 12.3. The summed E-state index contributed by atoms with van der Waals surface area (Å²) in [5, 5.41) is 12.7. The quantitative estimate of drug-likeness (QED) is 0.0803. The molecule has 0 bridgehead atoms. The van der Waals surface area contributed by atoms with E-state index in [4.69, 9.17) is 11.1 Å². The molecule has 0 saturated heterocycles. The predicted octanol–water partition coefficient (Wildman–Crippen LogP) is 27.9. The number of nitrogens with two attached hydrogens (primary N) is 1. The monoisotopic (exact) mass is 1450 g/mol. The van der Waals surface area contributed by atoms with E-state index in [1.165, 1.54) is 32.1 Å². The summed E-state index contributed by atoms with van der Waals surface area (Å²) < 4.78 is 0. The van der Waals surface area contributed by atoms with Crippen LogP contribution >= 0.6 is 0 Å². The maximum Gasteiger partial charge on any atom is 0.0464 e. The summed E-state index contributed by atoms with van der Waals surface area (Å²) in [7, 11) is 7.60. The van der Waals surface area contributed by atoms with E-state index < -0.39 is 0 Å². The van der Waals surface area contributed by atoms with Crippen LogP contribution < -0.4 is 16.4 Å². The van der Waals surface area contributed by atoms with Gasteiger partial charge in [-0.3, -0.25) is 0 Å². The van der Waals surface area contributed by atoms with Crippen molar-refractivity contribution in [2.75, 3.05) is 28.2 Å². The van der Waals surface area contributed by atoms with E-state index >= 15 is 0 Å². The van der Waals surface area contributed by atoms with Crippen molar-refractivity contribution in [1.82, 2.24) is 15.5 Å². The Morgan fingerprint density at radius 3 is 0.800 bits per heavy atom. The summed E-state index contributed by atoms with van der Waals surface area (Å²) >= 11 is 0. The van der Waals surface area contributed by atoms with Gasteiger partial charge in [0, 0.05) is 161 Å². The van der Waals surface area contributed by atoms with Crippen molar-refractivity contribution >= 4 is 5.71 Å². The molecule has 0 rings (SSSR count). The molecule has 105 heavy (non-hydrogen) atoms. The fraction of sp³-hybridized carbons (Fsp3) is 0.770. The smallest absolute Gasteiger partial charge is 0.0464 e. The molecule has 0 aromatic rings. The Bertz CT molecular complexity index is 2650. The molecule has 0 aromatic heterocycles. The lowest BCUT2D eigenvalue weighted by Gasteiger charge is -2.15. The Morgan fingerprint density at radius 1 is 0.352 bits per heavy atom. The highest BCUT2D eigenvalue weighted by atomic mass is 15.0. The first-order valence-electron chi connectivity index (χ1n) is 39.7. The van der Waals surface area contributed by atoms with Gasteiger partial charge in [0.2, 0.25) is 0 Å². The number of rotatable bonds is 9. The van der Waals surface area contributed by atoms with Gasteiger partial charge >= 0.3 is 0 Å². The Kier molecular flexibility index (Phi) is 79.0. The number of nitrogens with zero attached hydrogens (tertiary/aromatic N) is 1. The summed E-state index contributed by atoms with van der Waals surface area (Å²) in [4.78, 5) is 1.89. The van der Waals surface area contributed by atoms with Gasteiger partial charge in [-0.15, -0.1) is 71.0 Å². The van der Waals surface area contributed by atoms with E-state index in [9.17, 15) is 0 Å². The minimum atomic E-state index is 0.211. The molecule has 1 atom stereocenters. The van der Waals surface area contributed by atoms with E-state index in [1.807, 2.05) is 53.9 Å². The standard InChI is InChI=1S/C12H22.C12H20.C11H19N.2C10H19N.2C9H17N.3C9H16/c1-11(2,3)9-7-8-10-12(4,5)6;1-11(2)9-7-6-8-10-12(3,4)5;1-10(12)8-6-5-7-9-11(2,3)4;1-10(2,3)8-6-7-9-11(4)5;1-9(11)7-5-6-8-10(2,3)4;2*1-9(2,3)7-5-6-8-10-4;3*1-5-6-7-8-9(2,3)4/h9-10H2,1-6H3;1,8-10H2,2-5H3;12H,7-9H2,1-4H3;6,8H2,1-5H3;9H,7-8,11H2,1-4H3;2*10H,5,7H2,1-4H3;7-8H2,1-4H3;2*5,8H2,1-4H3. The summed E-state index contributed by atoms with van der Waals surface area (Å²) in [6, 6.07) is 8.85. The van der Waals surface area contributed by atoms with Crippen molar-refractivity contribution in [3.05, 3.63) is 12.2 Å². The second-order valence-corrected chi connectivity index (χ2v) is 40.9. The largest absolute Gasteiger partial charge is 0.349 e. The van der Waals surface area contributed by atoms with Gasteiger partial charge in [-0.25, -0.2) is 0 Å². The minimum Gasteiger partial charge on any atom is -0.349 e. The van der Waals surface area contributed by atoms with Crippen LogP contribution in [-0.2, 0) is 0 Å². The number of allylic oxidation sites excluding steroid dienone is 1. The first-order chi connectivity index (χ1) is 47.2. The zero-order chi connectivity index (χ0) is 84.9. The topological polar surface area (TPSA) is 77.2 Å². The summed E-state index contributed by atoms with van der Waals surface area (Å²) in [5.74, 6) is 52.5. The fourth-order valence-electron chi connectivity index (χ4n) is 5.97. The molecule has 0 aromatic carbocycles. The maximum absolute atomic E-state index is 7.15. The van der Waals surface area contributed by atoms with Crippen molar-refractivity contribution in [3.63, 3.8) is 0 Å². The Morgan fingerprint density at radius 2 is 0.590 bits per heavy atom. The molecule has 606 valence electrons. The van der Waals surface area contributed by atoms with Crippen LogP contribution in [0.1, 0.15) is 411 Å². The molecular weight excluding hydrogens is 1270 g/mol. The highest BCUT2D eigenvalue weighted by molar-refractivity contribution is 5.80. The van der Waals surface area contributed by atoms with Gasteiger partial charge in [0.25, 0.3) is 0 Å². The lowest BCUT2D eigenvalue weighted by Crippen LogP contribution is -2.13. The average molecular weight is 1450 g/mol. The first-order valence-corrected chi connectivity index (χ1v) is 39.7. The average Bonchev–Trinajstić information content (AvgIpc) is 1.05. The normalized spacial score (nSPS) is 10.8. The van der Waals surface area contributed by atoms with Crippen molar-refractivity contribution in [1.29, 1.82) is 5.41 Å². The minimum absolute atomic E-state index is 0.211. The van der Waals surface area contributed by atoms with Gasteiger partial charge in [-0.05, 0) is 126 Å². The van der Waals surface area contributed by atoms with Crippen LogP contribution in [0.25, 0.3) is 0 Å². The zero-order valence-electron chi connectivity index (χ0n) is 78.9. The van der Waals surface area contributed by atoms with E-state index in [0.717, 1.165) is 108 Å². The van der Waals surface area contributed by atoms with Gasteiger partial charge in [0.1, 0.15) is 0 Å². The highest BCUT2D eigenvalue weighted by Gasteiger charge is 2.13. The highest BCUT2D eigenvalue weighted by Crippen LogP contribution is 2.25. The molecule has 0 saturated carbocycles. The molecule has 5 N–H and O–H groups in total. The van der Waals surface area contributed by atoms with E-state index in [0.29, 0.717) is 71.7 Å². The molecule has 5 heteroatoms. The lowest BCUT2D eigenvalue weighted by molar-refractivity contribution is 0.383. The van der Waals surface area contributed by atoms with Gasteiger partial charge in [-0.1, -0.05) is 284 Å². The Hall–Kier alpha value is -5.63. The third kappa shape index (κ3) is 190. The lowest BCUT2D eigenvalue weighted by atomic mass is 9.90. The summed E-state index contributed by atoms with van der Waals surface area (Å²) in [6.45, 7) is 89.0. The van der Waals surface area contributed by atoms with E-state index in [1.54, 1.807) is 6.92 Å². The van der Waals surface area contributed by atoms with Gasteiger partial charge in [0.05, 0.1) is 0 Å². The molecule has 0 heterocycles. The molecule has 0 aliphatic heterocycles. The SMILES string of the molecule is C=C(C)CC#CCCC(C)(C)C.CC#CCCC(C)(C)C.CC(=N)CC#CCCC(C)(C)C.CC(C)(C)CC#CCC(C)(C)C.CC(N)CC#CCC(C)(C)C.CCC#CCC(C)(C)C.CCC#CCC(C)(C)C.CN(C)C#CCCC(C)(C)C.CNC#CCCC(C)(C)C.CNC#CCCC(C)(C)C. The van der Waals surface area contributed by atoms with Crippen molar-refractivity contribution < 1.29 is 0 Å². The first kappa shape index (κ1) is 120. The molecule has 0 amide bonds. The van der Waals surface area contributed by atoms with Crippen LogP contribution in [0, 0.1) is 184 Å². The molecule has 0 fully saturated rings. The fourth-order valence-corrected chi connectivity index (χ4v) is 5.97. The molecular formula is C100H181N5. The molecule has 0 spiro atoms. The summed E-state index contributed by atoms with van der Waals surface area (Å²) in [5.41, 5.74) is 11.6. The molecule has 0 radical (unpaired) electrons. The van der Waals surface area contributed by atoms with Crippen LogP contribution in [-0.4, -0.2) is 44.8 Å². The van der Waals surface area contributed by atoms with E-state index in [2.05, 4.69) is 378 Å². The third-order valence-corrected chi connectivity index (χ3v) is 12.3. The summed E-state index contributed by atoms with van der Waals surface area (Å²) in [6.07, 6.45) is 22.3. The van der Waals surface area contributed by atoms with Crippen LogP contribution in [0.5, 0.6) is 0 Å². The van der Waals surface area contributed by atoms with Crippen LogP contribution in [0.4, 0.5) is 0 Å². The second-order valence-electron chi connectivity index (χ2n) is 40.9. The predicted molar refractivity (Wildman–Crippen MR) is 484 cm³/mol. The number of hydrogen-bond acceptors (Lipinski definition) is 5. The molecule has 0 aliphatic carbocycles. The van der Waals surface area contributed by atoms with E-state index in [-0.39, 0.29) is 6.04 Å². The van der Waals surface area contributed by atoms with Crippen LogP contribution in [0.15, 0.2) is 12.2 Å². The number of nitrogens with one attached hydrogen (secondary N) is 3.